The highest BCUT2D eigenvalue weighted by atomic mass is 32.1. The number of esters is 2. The van der Waals surface area contributed by atoms with Crippen LogP contribution in [0.25, 0.3) is 10.4 Å². The highest BCUT2D eigenvalue weighted by Crippen LogP contribution is 2.38. The predicted molar refractivity (Wildman–Crippen MR) is 89.2 cm³/mol. The van der Waals surface area contributed by atoms with Crippen molar-refractivity contribution in [2.45, 2.75) is 27.2 Å². The Balaban J connectivity index is 2.87. The number of thiophene rings is 1. The van der Waals surface area contributed by atoms with Crippen molar-refractivity contribution in [1.29, 1.82) is 0 Å². The number of ether oxygens (including phenoxy) is 2. The number of alkyl halides is 2. The number of rotatable bonds is 6. The zero-order valence-electron chi connectivity index (χ0n) is 14.0. The summed E-state index contributed by atoms with van der Waals surface area (Å²) in [5, 5.41) is 1.72. The maximum Gasteiger partial charge on any atom is 0.340 e. The number of halogens is 2. The van der Waals surface area contributed by atoms with Gasteiger partial charge in [-0.1, -0.05) is 6.07 Å². The van der Waals surface area contributed by atoms with Gasteiger partial charge in [0.2, 0.25) is 0 Å². The molecule has 5 nitrogen and oxygen atoms in total. The van der Waals surface area contributed by atoms with E-state index in [-0.39, 0.29) is 30.0 Å². The summed E-state index contributed by atoms with van der Waals surface area (Å²) in [6.07, 6.45) is -2.99. The second kappa shape index (κ2) is 8.15. The van der Waals surface area contributed by atoms with E-state index < -0.39 is 29.6 Å². The second-order valence-electron chi connectivity index (χ2n) is 4.93. The summed E-state index contributed by atoms with van der Waals surface area (Å²) in [4.78, 5) is 29.1. The van der Waals surface area contributed by atoms with Gasteiger partial charge in [0.1, 0.15) is 5.69 Å². The lowest BCUT2D eigenvalue weighted by Crippen LogP contribution is -2.18. The smallest absolute Gasteiger partial charge is 0.340 e. The Bertz CT molecular complexity index is 775. The Morgan fingerprint density at radius 1 is 1.16 bits per heavy atom. The fraction of sp³-hybridized carbons (Fsp3) is 0.353. The molecule has 2 aromatic rings. The highest BCUT2D eigenvalue weighted by Gasteiger charge is 2.32. The van der Waals surface area contributed by atoms with Gasteiger partial charge < -0.3 is 9.47 Å². The molecule has 0 aliphatic heterocycles. The van der Waals surface area contributed by atoms with Crippen molar-refractivity contribution in [2.75, 3.05) is 13.2 Å². The number of nitrogens with zero attached hydrogens (tertiary/aromatic N) is 1. The molecule has 0 atom stereocenters. The molecular weight excluding hydrogens is 352 g/mol. The van der Waals surface area contributed by atoms with Gasteiger partial charge in [-0.05, 0) is 32.2 Å². The van der Waals surface area contributed by atoms with Crippen molar-refractivity contribution < 1.29 is 27.8 Å². The molecule has 0 amide bonds. The van der Waals surface area contributed by atoms with Crippen LogP contribution in [0.2, 0.25) is 0 Å². The Labute approximate surface area is 147 Å². The molecule has 0 aliphatic rings. The summed E-state index contributed by atoms with van der Waals surface area (Å²) in [6, 6.07) is 3.34. The molecule has 2 rings (SSSR count). The molecule has 0 N–H and O–H groups in total. The van der Waals surface area contributed by atoms with E-state index in [1.807, 2.05) is 0 Å². The zero-order chi connectivity index (χ0) is 18.6. The quantitative estimate of drug-likeness (QED) is 0.706. The van der Waals surface area contributed by atoms with Crippen molar-refractivity contribution in [3.8, 4) is 10.4 Å². The van der Waals surface area contributed by atoms with Gasteiger partial charge in [-0.2, -0.15) is 0 Å². The Kier molecular flexibility index (Phi) is 6.19. The molecule has 2 heterocycles. The molecule has 0 radical (unpaired) electrons. The van der Waals surface area contributed by atoms with Crippen molar-refractivity contribution in [3.05, 3.63) is 40.0 Å². The van der Waals surface area contributed by atoms with Crippen LogP contribution < -0.4 is 0 Å². The van der Waals surface area contributed by atoms with Gasteiger partial charge >= 0.3 is 11.9 Å². The summed E-state index contributed by atoms with van der Waals surface area (Å²) in [5.74, 6) is -1.67. The van der Waals surface area contributed by atoms with E-state index in [1.165, 1.54) is 18.3 Å². The molecule has 0 saturated heterocycles. The minimum atomic E-state index is -2.99. The normalized spacial score (nSPS) is 10.8. The lowest BCUT2D eigenvalue weighted by Gasteiger charge is -2.17. The molecule has 2 aromatic heterocycles. The average molecular weight is 369 g/mol. The van der Waals surface area contributed by atoms with Crippen LogP contribution in [0.5, 0.6) is 0 Å². The Morgan fingerprint density at radius 2 is 1.76 bits per heavy atom. The second-order valence-corrected chi connectivity index (χ2v) is 5.87. The maximum absolute atomic E-state index is 13.5. The molecule has 25 heavy (non-hydrogen) atoms. The summed E-state index contributed by atoms with van der Waals surface area (Å²) in [5.41, 5.74) is -0.947. The number of hydrogen-bond donors (Lipinski definition) is 0. The maximum atomic E-state index is 13.5. The lowest BCUT2D eigenvalue weighted by molar-refractivity contribution is 0.0513. The molecule has 0 spiro atoms. The first-order valence-electron chi connectivity index (χ1n) is 7.63. The summed E-state index contributed by atoms with van der Waals surface area (Å²) < 4.78 is 37.0. The topological polar surface area (TPSA) is 65.5 Å². The van der Waals surface area contributed by atoms with Crippen LogP contribution in [-0.4, -0.2) is 30.1 Å². The van der Waals surface area contributed by atoms with E-state index in [0.717, 1.165) is 0 Å². The van der Waals surface area contributed by atoms with Crippen molar-refractivity contribution in [2.24, 2.45) is 0 Å². The van der Waals surface area contributed by atoms with E-state index in [4.69, 9.17) is 9.47 Å². The van der Waals surface area contributed by atoms with Crippen molar-refractivity contribution in [3.63, 3.8) is 0 Å². The fourth-order valence-electron chi connectivity index (χ4n) is 2.41. The molecule has 134 valence electrons. The Hall–Kier alpha value is -2.35. The number of hydrogen-bond acceptors (Lipinski definition) is 6. The number of aryl methyl sites for hydroxylation is 1. The summed E-state index contributed by atoms with van der Waals surface area (Å²) >= 11 is 1.22. The molecule has 0 fully saturated rings. The van der Waals surface area contributed by atoms with Gasteiger partial charge in [0.15, 0.2) is 0 Å². The van der Waals surface area contributed by atoms with E-state index in [2.05, 4.69) is 4.98 Å². The van der Waals surface area contributed by atoms with E-state index in [9.17, 15) is 18.4 Å². The fourth-order valence-corrected chi connectivity index (χ4v) is 3.20. The number of pyridine rings is 1. The molecule has 0 aliphatic carbocycles. The third kappa shape index (κ3) is 3.84. The highest BCUT2D eigenvalue weighted by molar-refractivity contribution is 7.13. The molecule has 0 unspecified atom stereocenters. The van der Waals surface area contributed by atoms with Crippen molar-refractivity contribution in [1.82, 2.24) is 4.98 Å². The molecule has 0 saturated carbocycles. The molecule has 0 aromatic carbocycles. The third-order valence-electron chi connectivity index (χ3n) is 3.34. The first-order valence-corrected chi connectivity index (χ1v) is 8.51. The standard InChI is InChI=1S/C17H17F2NO4S/c1-4-23-16(21)11-9(3)20-14(15(18)19)13(17(22)24-5-2)12(11)10-7-6-8-25-10/h6-8,15H,4-5H2,1-3H3. The third-order valence-corrected chi connectivity index (χ3v) is 4.23. The minimum Gasteiger partial charge on any atom is -0.462 e. The van der Waals surface area contributed by atoms with E-state index in [1.54, 1.807) is 31.4 Å². The Morgan fingerprint density at radius 3 is 2.24 bits per heavy atom. The average Bonchev–Trinajstić information content (AvgIpc) is 3.08. The molecule has 0 bridgehead atoms. The predicted octanol–water partition coefficient (Wildman–Crippen LogP) is 4.41. The van der Waals surface area contributed by atoms with Gasteiger partial charge in [-0.15, -0.1) is 11.3 Å². The van der Waals surface area contributed by atoms with Crippen LogP contribution in [0.15, 0.2) is 17.5 Å². The number of carbonyl (C=O) groups excluding carboxylic acids is 2. The van der Waals surface area contributed by atoms with Crippen LogP contribution >= 0.6 is 11.3 Å². The van der Waals surface area contributed by atoms with Gasteiger partial charge in [0, 0.05) is 10.4 Å². The van der Waals surface area contributed by atoms with E-state index in [0.29, 0.717) is 4.88 Å². The van der Waals surface area contributed by atoms with Gasteiger partial charge in [0.05, 0.1) is 30.0 Å². The molecule has 8 heteroatoms. The van der Waals surface area contributed by atoms with Crippen LogP contribution in [-0.2, 0) is 9.47 Å². The SMILES string of the molecule is CCOC(=O)c1c(C)nc(C(F)F)c(C(=O)OCC)c1-c1cccs1. The van der Waals surface area contributed by atoms with E-state index >= 15 is 0 Å². The summed E-state index contributed by atoms with van der Waals surface area (Å²) in [7, 11) is 0. The molecular formula is C17H17F2NO4S. The monoisotopic (exact) mass is 369 g/mol. The number of aromatic nitrogens is 1. The van der Waals surface area contributed by atoms with Crippen LogP contribution in [0.4, 0.5) is 8.78 Å². The van der Waals surface area contributed by atoms with Gasteiger partial charge in [-0.3, -0.25) is 4.98 Å². The van der Waals surface area contributed by atoms with Crippen LogP contribution in [0, 0.1) is 6.92 Å². The van der Waals surface area contributed by atoms with Gasteiger partial charge in [0.25, 0.3) is 6.43 Å². The first kappa shape index (κ1) is 19.0. The van der Waals surface area contributed by atoms with Crippen LogP contribution in [0.3, 0.4) is 0 Å². The minimum absolute atomic E-state index is 0.00301. The van der Waals surface area contributed by atoms with Crippen LogP contribution in [0.1, 0.15) is 52.4 Å². The zero-order valence-corrected chi connectivity index (χ0v) is 14.8. The number of carbonyl (C=O) groups is 2. The first-order chi connectivity index (χ1) is 11.9. The summed E-state index contributed by atoms with van der Waals surface area (Å²) in [6.45, 7) is 4.75. The van der Waals surface area contributed by atoms with Gasteiger partial charge in [-0.25, -0.2) is 18.4 Å². The lowest BCUT2D eigenvalue weighted by atomic mass is 9.96. The largest absolute Gasteiger partial charge is 0.462 e. The van der Waals surface area contributed by atoms with Crippen molar-refractivity contribution >= 4 is 23.3 Å².